The van der Waals surface area contributed by atoms with E-state index in [2.05, 4.69) is 30.8 Å². The maximum atomic E-state index is 12.9. The lowest BCUT2D eigenvalue weighted by Crippen LogP contribution is -2.11. The summed E-state index contributed by atoms with van der Waals surface area (Å²) in [5.41, 5.74) is 13.4. The first-order chi connectivity index (χ1) is 45.0. The first-order valence-corrected chi connectivity index (χ1v) is 29.1. The third-order valence-corrected chi connectivity index (χ3v) is 14.8. The highest BCUT2D eigenvalue weighted by molar-refractivity contribution is 6.04. The smallest absolute Gasteiger partial charge is 0.335 e. The third kappa shape index (κ3) is 20.4. The Morgan fingerprint density at radius 2 is 1.03 bits per heavy atom. The zero-order valence-electron chi connectivity index (χ0n) is 50.5. The van der Waals surface area contributed by atoms with Crippen molar-refractivity contribution in [2.45, 2.75) is 31.1 Å². The van der Waals surface area contributed by atoms with Gasteiger partial charge in [-0.2, -0.15) is 0 Å². The Bertz CT molecular complexity index is 4310. The van der Waals surface area contributed by atoms with Gasteiger partial charge in [-0.05, 0) is 172 Å². The monoisotopic (exact) mass is 1240 g/mol. The minimum absolute atomic E-state index is 0.0411. The number of rotatable bonds is 17. The summed E-state index contributed by atoms with van der Waals surface area (Å²) in [6.07, 6.45) is 15.4. The van der Waals surface area contributed by atoms with Crippen LogP contribution in [0.1, 0.15) is 93.9 Å². The van der Waals surface area contributed by atoms with Gasteiger partial charge in [-0.3, -0.25) is 29.1 Å². The molecule has 8 aromatic carbocycles. The molecule has 0 aliphatic heterocycles. The van der Waals surface area contributed by atoms with Crippen molar-refractivity contribution in [3.63, 3.8) is 0 Å². The second kappa shape index (κ2) is 32.9. The van der Waals surface area contributed by atoms with E-state index in [1.807, 2.05) is 134 Å². The summed E-state index contributed by atoms with van der Waals surface area (Å²) in [6.45, 7) is 0. The van der Waals surface area contributed by atoms with Gasteiger partial charge >= 0.3 is 29.8 Å². The predicted octanol–water partition coefficient (Wildman–Crippen LogP) is 13.8. The van der Waals surface area contributed by atoms with E-state index in [4.69, 9.17) is 25.8 Å². The quantitative estimate of drug-likeness (QED) is 0.0245. The zero-order valence-corrected chi connectivity index (χ0v) is 50.5. The summed E-state index contributed by atoms with van der Waals surface area (Å²) in [4.78, 5) is 97.4. The number of ketones is 1. The molecule has 93 heavy (non-hydrogen) atoms. The summed E-state index contributed by atoms with van der Waals surface area (Å²) in [5, 5.41) is 33.1. The number of Topliss-reactive ketones (excluding diaryl/α,β-unsaturated/α-hetero) is 1. The number of para-hydroxylation sites is 1. The van der Waals surface area contributed by atoms with E-state index in [0.717, 1.165) is 86.0 Å². The molecule has 12 rings (SSSR count). The van der Waals surface area contributed by atoms with Crippen LogP contribution in [0.4, 0.5) is 11.4 Å². The van der Waals surface area contributed by atoms with Gasteiger partial charge in [-0.25, -0.2) is 19.2 Å². The van der Waals surface area contributed by atoms with Gasteiger partial charge < -0.3 is 40.6 Å². The molecule has 18 nitrogen and oxygen atoms in total. The number of esters is 2. The Morgan fingerprint density at radius 1 is 0.527 bits per heavy atom. The molecule has 2 saturated carbocycles. The lowest BCUT2D eigenvalue weighted by molar-refractivity contribution is -0.142. The number of carboxylic acids is 3. The Kier molecular flexibility index (Phi) is 23.6. The second-order valence-corrected chi connectivity index (χ2v) is 21.3. The van der Waals surface area contributed by atoms with E-state index in [0.29, 0.717) is 29.0 Å². The number of aldehydes is 1. The number of aromatic nitrogens is 2. The van der Waals surface area contributed by atoms with Crippen LogP contribution in [-0.4, -0.2) is 87.3 Å². The fraction of sp³-hybridized carbons (Fsp3) is 0.120. The van der Waals surface area contributed by atoms with Crippen LogP contribution >= 0.6 is 0 Å². The summed E-state index contributed by atoms with van der Waals surface area (Å²) in [6, 6.07) is 59.7. The number of nitrogen functional groups attached to an aromatic ring is 1. The Balaban J connectivity index is 0.000000167. The zero-order chi connectivity index (χ0) is 66.2. The van der Waals surface area contributed by atoms with Crippen LogP contribution in [0.5, 0.6) is 11.5 Å². The molecule has 18 heteroatoms. The van der Waals surface area contributed by atoms with Crippen molar-refractivity contribution >= 4 is 92.9 Å². The molecule has 4 atom stereocenters. The highest BCUT2D eigenvalue weighted by Gasteiger charge is 2.45. The number of anilines is 2. The van der Waals surface area contributed by atoms with Gasteiger partial charge in [0.05, 0.1) is 31.3 Å². The number of carboxylic acid groups (broad SMARTS) is 3. The van der Waals surface area contributed by atoms with Crippen molar-refractivity contribution in [1.29, 1.82) is 0 Å². The third-order valence-electron chi connectivity index (χ3n) is 14.8. The average molecular weight is 1250 g/mol. The number of aliphatic carboxylic acids is 1. The van der Waals surface area contributed by atoms with E-state index in [1.54, 1.807) is 79.1 Å². The lowest BCUT2D eigenvalue weighted by Gasteiger charge is -2.09. The number of nitrogens with zero attached hydrogens (tertiary/aromatic N) is 2. The number of ether oxygens (including phenoxy) is 3. The van der Waals surface area contributed by atoms with Gasteiger partial charge in [-0.1, -0.05) is 103 Å². The molecule has 0 spiro atoms. The first kappa shape index (κ1) is 66.8. The van der Waals surface area contributed by atoms with E-state index in [9.17, 15) is 38.4 Å². The average Bonchev–Trinajstić information content (AvgIpc) is 1.66. The minimum Gasteiger partial charge on any atom is -0.478 e. The first-order valence-electron chi connectivity index (χ1n) is 29.1. The molecule has 2 aliphatic rings. The summed E-state index contributed by atoms with van der Waals surface area (Å²) >= 11 is 0. The van der Waals surface area contributed by atoms with E-state index >= 15 is 0 Å². The van der Waals surface area contributed by atoms with Crippen LogP contribution in [0.25, 0.3) is 33.7 Å². The highest BCUT2D eigenvalue weighted by Crippen LogP contribution is 2.49. The Morgan fingerprint density at radius 3 is 1.59 bits per heavy atom. The molecule has 4 unspecified atom stereocenters. The highest BCUT2D eigenvalue weighted by atomic mass is 16.5. The van der Waals surface area contributed by atoms with Gasteiger partial charge in [0.25, 0.3) is 5.91 Å². The molecule has 10 aromatic rings. The second-order valence-electron chi connectivity index (χ2n) is 21.3. The maximum Gasteiger partial charge on any atom is 0.335 e. The van der Waals surface area contributed by atoms with Gasteiger partial charge in [0.15, 0.2) is 0 Å². The molecule has 0 bridgehead atoms. The van der Waals surface area contributed by atoms with Crippen LogP contribution in [0, 0.1) is 11.8 Å². The molecule has 1 amide bonds. The number of nitrogens with one attached hydrogen (secondary N) is 1. The number of amides is 1. The van der Waals surface area contributed by atoms with E-state index < -0.39 is 23.9 Å². The molecule has 2 fully saturated rings. The summed E-state index contributed by atoms with van der Waals surface area (Å²) in [5.74, 6) is -1.58. The molecular formula is C75H64N4O14. The van der Waals surface area contributed by atoms with E-state index in [1.165, 1.54) is 38.5 Å². The maximum absolute atomic E-state index is 12.9. The number of pyridine rings is 2. The van der Waals surface area contributed by atoms with Gasteiger partial charge in [0, 0.05) is 82.6 Å². The topological polar surface area (TPSA) is 289 Å². The predicted molar refractivity (Wildman–Crippen MR) is 354 cm³/mol. The molecule has 0 radical (unpaired) electrons. The number of fused-ring (bicyclic) bond motifs is 2. The van der Waals surface area contributed by atoms with Crippen molar-refractivity contribution < 1.29 is 67.9 Å². The Labute approximate surface area is 535 Å². The molecular weight excluding hydrogens is 1180 g/mol. The molecule has 468 valence electrons. The van der Waals surface area contributed by atoms with Crippen molar-refractivity contribution in [3.8, 4) is 11.5 Å². The minimum atomic E-state index is -0.987. The normalized spacial score (nSPS) is 14.7. The van der Waals surface area contributed by atoms with Crippen LogP contribution in [0.15, 0.2) is 237 Å². The summed E-state index contributed by atoms with van der Waals surface area (Å²) < 4.78 is 14.9. The number of methoxy groups -OCH3 is 2. The number of carbonyl (C=O) groups is 8. The Hall–Kier alpha value is -12.2. The number of aromatic carboxylic acids is 2. The molecule has 0 saturated heterocycles. The van der Waals surface area contributed by atoms with Gasteiger partial charge in [0.2, 0.25) is 0 Å². The SMILES string of the molecule is COC(=O)/C=C/c1ccc(C(=O)O)cc1.COC(=O)C1CC1c1ccc(C(=O)O)cc1.Nc1ccc2cnccc2c1.O=C(Nc1ccc(Oc2ccccc2)cc1)c1ccc(C2CC2C(=O)Cc2ccc3cnccc3c2)cc1.O=Cc1ccc(/C=C/C(=O)O)cc1. The van der Waals surface area contributed by atoms with Crippen LogP contribution < -0.4 is 15.8 Å². The molecule has 2 heterocycles. The number of nitrogens with two attached hydrogens (primary N) is 1. The van der Waals surface area contributed by atoms with E-state index in [-0.39, 0.29) is 52.5 Å². The molecule has 2 aromatic heterocycles. The molecule has 2 aliphatic carbocycles. The fourth-order valence-corrected chi connectivity index (χ4v) is 9.58. The van der Waals surface area contributed by atoms with Crippen molar-refractivity contribution in [1.82, 2.24) is 9.97 Å². The lowest BCUT2D eigenvalue weighted by atomic mass is 10.00. The van der Waals surface area contributed by atoms with Gasteiger partial charge in [-0.15, -0.1) is 0 Å². The summed E-state index contributed by atoms with van der Waals surface area (Å²) in [7, 11) is 2.67. The standard InChI is InChI=1S/C33H26N2O3.C12H12O4.C11H10O4.C10H8O3.C9H8N2/c36-32(19-22-6-7-26-21-34-17-16-25(26)18-22)31-20-30(31)23-8-10-24(11-9-23)33(37)35-27-12-14-29(15-13-27)38-28-4-2-1-3-5-28;1-16-12(15)10-6-9(10)7-2-4-8(5-3-7)11(13)14;1-15-10(12)7-4-8-2-5-9(6-3-8)11(13)14;11-7-9-3-1-8(2-4-9)5-6-10(12)13;10-9-2-1-8-6-11-4-3-7(8)5-9/h1-18,21,30-31H,19-20H2,(H,35,37);2-5,9-10H,6H2,1H3,(H,13,14);2-7H,1H3,(H,13,14);1-7H,(H,12,13);1-6H,10H2/b;;7-4+;6-5+;. The number of hydrogen-bond acceptors (Lipinski definition) is 14. The fourth-order valence-electron chi connectivity index (χ4n) is 9.58. The largest absolute Gasteiger partial charge is 0.478 e. The van der Waals surface area contributed by atoms with Crippen LogP contribution in [-0.2, 0) is 35.1 Å². The van der Waals surface area contributed by atoms with Gasteiger partial charge in [0.1, 0.15) is 23.6 Å². The van der Waals surface area contributed by atoms with Crippen molar-refractivity contribution in [3.05, 3.63) is 287 Å². The van der Waals surface area contributed by atoms with Crippen LogP contribution in [0.2, 0.25) is 0 Å². The number of hydrogen-bond donors (Lipinski definition) is 5. The van der Waals surface area contributed by atoms with Crippen molar-refractivity contribution in [2.24, 2.45) is 11.8 Å². The number of benzene rings is 8. The molecule has 6 N–H and O–H groups in total. The number of carbonyl (C=O) groups excluding carboxylic acids is 5. The van der Waals surface area contributed by atoms with Crippen molar-refractivity contribution in [2.75, 3.05) is 25.3 Å². The van der Waals surface area contributed by atoms with Crippen LogP contribution in [0.3, 0.4) is 0 Å².